The molecule has 1 N–H and O–H groups in total. The molecule has 6 nitrogen and oxygen atoms in total. The smallest absolute Gasteiger partial charge is 0.323 e. The van der Waals surface area contributed by atoms with Crippen molar-refractivity contribution in [3.05, 3.63) is 99.9 Å². The maximum atomic E-state index is 14.5. The van der Waals surface area contributed by atoms with Crippen molar-refractivity contribution < 1.29 is 13.9 Å². The third-order valence-corrected chi connectivity index (χ3v) is 8.30. The number of likely N-dealkylation sites (N-methyl/N-ethyl adjacent to an activating group) is 1. The minimum Gasteiger partial charge on any atom is -0.497 e. The fourth-order valence-electron chi connectivity index (χ4n) is 5.26. The van der Waals surface area contributed by atoms with Crippen molar-refractivity contribution in [2.45, 2.75) is 25.6 Å². The number of nitrogens with zero attached hydrogens (tertiary/aromatic N) is 3. The summed E-state index contributed by atoms with van der Waals surface area (Å²) in [6.07, 6.45) is 3.02. The molecule has 2 aromatic carbocycles. The van der Waals surface area contributed by atoms with E-state index in [1.165, 1.54) is 22.1 Å². The van der Waals surface area contributed by atoms with Crippen LogP contribution in [0, 0.1) is 5.82 Å². The van der Waals surface area contributed by atoms with Gasteiger partial charge < -0.3 is 24.4 Å². The molecule has 0 aliphatic carbocycles. The van der Waals surface area contributed by atoms with Gasteiger partial charge in [0.25, 0.3) is 0 Å². The van der Waals surface area contributed by atoms with Crippen LogP contribution in [0.3, 0.4) is 0 Å². The lowest BCUT2D eigenvalue weighted by atomic mass is 10.00. The summed E-state index contributed by atoms with van der Waals surface area (Å²) < 4.78 is 22.2. The third kappa shape index (κ3) is 3.86. The molecule has 4 aromatic rings. The monoisotopic (exact) mass is 502 g/mol. The van der Waals surface area contributed by atoms with Crippen LogP contribution in [-0.4, -0.2) is 41.1 Å². The highest BCUT2D eigenvalue weighted by atomic mass is 32.1. The molecule has 2 aliphatic rings. The Kier molecular flexibility index (Phi) is 5.78. The van der Waals surface area contributed by atoms with E-state index in [9.17, 15) is 9.18 Å². The number of methoxy groups -OCH3 is 1. The molecular formula is C28H27FN4O2S. The van der Waals surface area contributed by atoms with Gasteiger partial charge >= 0.3 is 6.03 Å². The molecule has 2 aliphatic heterocycles. The second-order valence-corrected chi connectivity index (χ2v) is 10.4. The molecule has 2 amide bonds. The number of amides is 2. The highest BCUT2D eigenvalue weighted by Gasteiger charge is 2.36. The number of halogens is 1. The second kappa shape index (κ2) is 9.11. The lowest BCUT2D eigenvalue weighted by molar-refractivity contribution is 0.194. The second-order valence-electron chi connectivity index (χ2n) is 9.30. The number of hydrogen-bond donors (Lipinski definition) is 1. The van der Waals surface area contributed by atoms with Gasteiger partial charge in [-0.2, -0.15) is 0 Å². The number of carbonyl (C=O) groups is 1. The Morgan fingerprint density at radius 3 is 2.78 bits per heavy atom. The number of carbonyl (C=O) groups excluding carboxylic acids is 1. The van der Waals surface area contributed by atoms with Gasteiger partial charge in [0.05, 0.1) is 31.1 Å². The first kappa shape index (κ1) is 22.8. The maximum absolute atomic E-state index is 14.5. The molecule has 36 heavy (non-hydrogen) atoms. The highest BCUT2D eigenvalue weighted by Crippen LogP contribution is 2.44. The van der Waals surface area contributed by atoms with Crippen LogP contribution >= 0.6 is 11.3 Å². The Hall–Kier alpha value is -3.62. The van der Waals surface area contributed by atoms with Crippen molar-refractivity contribution in [2.75, 3.05) is 26.0 Å². The predicted octanol–water partition coefficient (Wildman–Crippen LogP) is 5.81. The average molecular weight is 503 g/mol. The molecule has 2 aromatic heterocycles. The number of hydrogen-bond acceptors (Lipinski definition) is 4. The number of anilines is 1. The predicted molar refractivity (Wildman–Crippen MR) is 139 cm³/mol. The van der Waals surface area contributed by atoms with Gasteiger partial charge in [-0.15, -0.1) is 11.3 Å². The van der Waals surface area contributed by atoms with Crippen molar-refractivity contribution in [3.8, 4) is 10.8 Å². The zero-order chi connectivity index (χ0) is 24.8. The fraction of sp³-hybridized carbons (Fsp3) is 0.250. The first-order chi connectivity index (χ1) is 17.5. The van der Waals surface area contributed by atoms with Crippen molar-refractivity contribution in [1.82, 2.24) is 14.4 Å². The summed E-state index contributed by atoms with van der Waals surface area (Å²) in [5, 5.41) is 3.99. The van der Waals surface area contributed by atoms with Crippen molar-refractivity contribution >= 4 is 23.1 Å². The molecule has 8 heteroatoms. The van der Waals surface area contributed by atoms with Gasteiger partial charge in [0.15, 0.2) is 0 Å². The molecule has 4 heterocycles. The van der Waals surface area contributed by atoms with E-state index in [0.29, 0.717) is 6.54 Å². The van der Waals surface area contributed by atoms with Gasteiger partial charge in [-0.05, 0) is 61.0 Å². The number of thiophene rings is 1. The number of benzene rings is 2. The van der Waals surface area contributed by atoms with Gasteiger partial charge in [0.1, 0.15) is 16.6 Å². The van der Waals surface area contributed by atoms with Crippen LogP contribution in [0.5, 0.6) is 5.75 Å². The molecule has 0 spiro atoms. The van der Waals surface area contributed by atoms with E-state index in [4.69, 9.17) is 4.74 Å². The van der Waals surface area contributed by atoms with Gasteiger partial charge in [-0.1, -0.05) is 24.3 Å². The minimum absolute atomic E-state index is 0.167. The van der Waals surface area contributed by atoms with Crippen LogP contribution in [-0.2, 0) is 19.5 Å². The average Bonchev–Trinajstić information content (AvgIpc) is 3.46. The minimum atomic E-state index is -0.460. The van der Waals surface area contributed by atoms with Gasteiger partial charge in [-0.3, -0.25) is 0 Å². The zero-order valence-electron chi connectivity index (χ0n) is 20.2. The summed E-state index contributed by atoms with van der Waals surface area (Å²) in [5.41, 5.74) is 4.59. The van der Waals surface area contributed by atoms with Crippen LogP contribution in [0.2, 0.25) is 0 Å². The number of urea groups is 1. The molecule has 0 bridgehead atoms. The van der Waals surface area contributed by atoms with E-state index < -0.39 is 5.82 Å². The summed E-state index contributed by atoms with van der Waals surface area (Å²) >= 11 is 1.81. The van der Waals surface area contributed by atoms with E-state index in [1.807, 2.05) is 35.2 Å². The van der Waals surface area contributed by atoms with Crippen LogP contribution in [0.25, 0.3) is 5.00 Å². The standard InChI is InChI=1S/C28H27FN4O2S/c1-31-14-12-20-21-16-33(28(34)30-23-10-4-3-9-22(23)29)26(18-7-5-8-19(15-18)35-2)24-11-6-13-32(24)27(21)36-25(20)17-31/h3-11,13,15,26H,12,14,16-17H2,1-2H3,(H,30,34)/t26-/m1/s1. The number of fused-ring (bicyclic) bond motifs is 5. The van der Waals surface area contributed by atoms with Gasteiger partial charge in [-0.25, -0.2) is 9.18 Å². The van der Waals surface area contributed by atoms with Crippen molar-refractivity contribution in [2.24, 2.45) is 0 Å². The Morgan fingerprint density at radius 1 is 1.08 bits per heavy atom. The molecule has 0 saturated heterocycles. The Balaban J connectivity index is 1.51. The quantitative estimate of drug-likeness (QED) is 0.385. The molecule has 1 atom stereocenters. The molecule has 0 radical (unpaired) electrons. The number of rotatable bonds is 3. The summed E-state index contributed by atoms with van der Waals surface area (Å²) in [7, 11) is 3.78. The largest absolute Gasteiger partial charge is 0.497 e. The maximum Gasteiger partial charge on any atom is 0.323 e. The van der Waals surface area contributed by atoms with Gasteiger partial charge in [0, 0.05) is 29.7 Å². The van der Waals surface area contributed by atoms with E-state index in [2.05, 4.69) is 34.1 Å². The Labute approximate surface area is 213 Å². The number of nitrogens with one attached hydrogen (secondary N) is 1. The topological polar surface area (TPSA) is 49.7 Å². The molecule has 0 fully saturated rings. The summed E-state index contributed by atoms with van der Waals surface area (Å²) in [6, 6.07) is 17.4. The molecular weight excluding hydrogens is 475 g/mol. The molecule has 0 saturated carbocycles. The van der Waals surface area contributed by atoms with E-state index >= 15 is 0 Å². The first-order valence-electron chi connectivity index (χ1n) is 12.0. The normalized spacial score (nSPS) is 17.1. The number of ether oxygens (including phenoxy) is 1. The summed E-state index contributed by atoms with van der Waals surface area (Å²) in [4.78, 5) is 19.4. The molecule has 184 valence electrons. The number of aromatic nitrogens is 1. The van der Waals surface area contributed by atoms with Crippen LogP contribution < -0.4 is 10.1 Å². The fourth-order valence-corrected chi connectivity index (χ4v) is 6.71. The lowest BCUT2D eigenvalue weighted by Gasteiger charge is -2.32. The Bertz CT molecular complexity index is 1450. The van der Waals surface area contributed by atoms with Crippen LogP contribution in [0.15, 0.2) is 66.9 Å². The lowest BCUT2D eigenvalue weighted by Crippen LogP contribution is -2.38. The van der Waals surface area contributed by atoms with Crippen molar-refractivity contribution in [3.63, 3.8) is 0 Å². The van der Waals surface area contributed by atoms with E-state index in [-0.39, 0.29) is 17.8 Å². The highest BCUT2D eigenvalue weighted by molar-refractivity contribution is 7.15. The van der Waals surface area contributed by atoms with Crippen molar-refractivity contribution in [1.29, 1.82) is 0 Å². The summed E-state index contributed by atoms with van der Waals surface area (Å²) in [5.74, 6) is 0.262. The van der Waals surface area contributed by atoms with Crippen LogP contribution in [0.1, 0.15) is 33.3 Å². The van der Waals surface area contributed by atoms with E-state index in [1.54, 1.807) is 36.6 Å². The Morgan fingerprint density at radius 2 is 1.94 bits per heavy atom. The van der Waals surface area contributed by atoms with Gasteiger partial charge in [0.2, 0.25) is 0 Å². The first-order valence-corrected chi connectivity index (χ1v) is 12.8. The van der Waals surface area contributed by atoms with E-state index in [0.717, 1.165) is 41.5 Å². The zero-order valence-corrected chi connectivity index (χ0v) is 21.0. The SMILES string of the molecule is COc1cccc([C@@H]2c3cccn3-c3sc4c(c3CN2C(=O)Nc2ccccc2F)CCN(C)C4)c1. The number of para-hydroxylation sites is 1. The molecule has 0 unspecified atom stereocenters. The summed E-state index contributed by atoms with van der Waals surface area (Å²) in [6.45, 7) is 2.31. The third-order valence-electron chi connectivity index (χ3n) is 7.04. The molecule has 6 rings (SSSR count). The van der Waals surface area contributed by atoms with Crippen LogP contribution in [0.4, 0.5) is 14.9 Å².